The Morgan fingerprint density at radius 1 is 1.03 bits per heavy atom. The van der Waals surface area contributed by atoms with Crippen molar-refractivity contribution in [1.82, 2.24) is 4.98 Å². The second-order valence-electron chi connectivity index (χ2n) is 6.58. The molecule has 0 aliphatic carbocycles. The predicted octanol–water partition coefficient (Wildman–Crippen LogP) is 5.63. The molecule has 2 N–H and O–H groups in total. The van der Waals surface area contributed by atoms with Crippen molar-refractivity contribution in [3.8, 4) is 0 Å². The highest BCUT2D eigenvalue weighted by Crippen LogP contribution is 2.27. The summed E-state index contributed by atoms with van der Waals surface area (Å²) in [5.74, 6) is -0.642. The molecular formula is C22H20ClN3O2S. The molecule has 0 saturated carbocycles. The van der Waals surface area contributed by atoms with Gasteiger partial charge in [0.25, 0.3) is 5.91 Å². The Labute approximate surface area is 178 Å². The molecule has 3 rings (SSSR count). The second kappa shape index (κ2) is 9.03. The van der Waals surface area contributed by atoms with Crippen LogP contribution in [0.4, 0.5) is 10.8 Å². The highest BCUT2D eigenvalue weighted by atomic mass is 35.5. The van der Waals surface area contributed by atoms with Crippen LogP contribution in [0.2, 0.25) is 5.02 Å². The zero-order valence-corrected chi connectivity index (χ0v) is 17.8. The summed E-state index contributed by atoms with van der Waals surface area (Å²) in [6, 6.07) is 11.4. The van der Waals surface area contributed by atoms with Crippen molar-refractivity contribution in [3.63, 3.8) is 0 Å². The number of benzene rings is 2. The minimum Gasteiger partial charge on any atom is -0.320 e. The van der Waals surface area contributed by atoms with Crippen LogP contribution < -0.4 is 10.6 Å². The number of halogens is 1. The van der Waals surface area contributed by atoms with Gasteiger partial charge >= 0.3 is 0 Å². The largest absolute Gasteiger partial charge is 0.320 e. The highest BCUT2D eigenvalue weighted by Gasteiger charge is 2.14. The Bertz CT molecular complexity index is 1080. The predicted molar refractivity (Wildman–Crippen MR) is 120 cm³/mol. The first-order valence-electron chi connectivity index (χ1n) is 8.92. The molecule has 5 nitrogen and oxygen atoms in total. The number of amides is 2. The van der Waals surface area contributed by atoms with Gasteiger partial charge in [0.2, 0.25) is 5.91 Å². The number of para-hydroxylation sites is 1. The number of hydrogen-bond donors (Lipinski definition) is 2. The van der Waals surface area contributed by atoms with E-state index in [0.717, 1.165) is 28.0 Å². The van der Waals surface area contributed by atoms with E-state index >= 15 is 0 Å². The number of anilines is 2. The van der Waals surface area contributed by atoms with Crippen molar-refractivity contribution in [2.75, 3.05) is 10.6 Å². The SMILES string of the molecule is Cc1ccc(/C=C/C(=O)Nc2ncc(C(=O)Nc3c(C)cccc3Cl)s2)cc1C. The number of hydrogen-bond acceptors (Lipinski definition) is 4. The number of rotatable bonds is 5. The molecule has 3 aromatic rings. The molecule has 0 atom stereocenters. The number of aromatic nitrogens is 1. The molecule has 0 fully saturated rings. The Balaban J connectivity index is 1.63. The number of carbonyl (C=O) groups is 2. The monoisotopic (exact) mass is 425 g/mol. The van der Waals surface area contributed by atoms with Gasteiger partial charge in [-0.2, -0.15) is 0 Å². The fourth-order valence-electron chi connectivity index (χ4n) is 2.59. The Morgan fingerprint density at radius 2 is 1.83 bits per heavy atom. The quantitative estimate of drug-likeness (QED) is 0.520. The summed E-state index contributed by atoms with van der Waals surface area (Å²) in [5, 5.41) is 6.28. The molecule has 0 unspecified atom stereocenters. The van der Waals surface area contributed by atoms with Crippen LogP contribution in [-0.2, 0) is 4.79 Å². The second-order valence-corrected chi connectivity index (χ2v) is 8.02. The summed E-state index contributed by atoms with van der Waals surface area (Å²) in [6.45, 7) is 5.93. The smallest absolute Gasteiger partial charge is 0.267 e. The lowest BCUT2D eigenvalue weighted by molar-refractivity contribution is -0.111. The van der Waals surface area contributed by atoms with Gasteiger partial charge in [-0.25, -0.2) is 4.98 Å². The van der Waals surface area contributed by atoms with Gasteiger partial charge in [-0.05, 0) is 55.2 Å². The lowest BCUT2D eigenvalue weighted by Crippen LogP contribution is -2.11. The lowest BCUT2D eigenvalue weighted by Gasteiger charge is -2.08. The Hall–Kier alpha value is -2.96. The van der Waals surface area contributed by atoms with Gasteiger partial charge in [0.15, 0.2) is 5.13 Å². The van der Waals surface area contributed by atoms with Gasteiger partial charge in [0, 0.05) is 6.08 Å². The third-order valence-corrected chi connectivity index (χ3v) is 5.60. The van der Waals surface area contributed by atoms with Gasteiger partial charge in [-0.15, -0.1) is 0 Å². The summed E-state index contributed by atoms with van der Waals surface area (Å²) in [5.41, 5.74) is 4.73. The van der Waals surface area contributed by atoms with E-state index in [1.54, 1.807) is 12.1 Å². The van der Waals surface area contributed by atoms with E-state index in [1.165, 1.54) is 17.8 Å². The maximum atomic E-state index is 12.5. The summed E-state index contributed by atoms with van der Waals surface area (Å²) in [6.07, 6.45) is 4.61. The third kappa shape index (κ3) is 5.31. The molecule has 1 aromatic heterocycles. The summed E-state index contributed by atoms with van der Waals surface area (Å²) in [7, 11) is 0. The Kier molecular flexibility index (Phi) is 6.46. The zero-order valence-electron chi connectivity index (χ0n) is 16.2. The fourth-order valence-corrected chi connectivity index (χ4v) is 3.57. The van der Waals surface area contributed by atoms with Gasteiger partial charge < -0.3 is 5.32 Å². The molecular weight excluding hydrogens is 406 g/mol. The minimum atomic E-state index is -0.329. The molecule has 0 bridgehead atoms. The van der Waals surface area contributed by atoms with E-state index in [-0.39, 0.29) is 11.8 Å². The average molecular weight is 426 g/mol. The maximum absolute atomic E-state index is 12.5. The van der Waals surface area contributed by atoms with Crippen LogP contribution >= 0.6 is 22.9 Å². The highest BCUT2D eigenvalue weighted by molar-refractivity contribution is 7.17. The van der Waals surface area contributed by atoms with E-state index in [1.807, 2.05) is 51.1 Å². The molecule has 1 heterocycles. The van der Waals surface area contributed by atoms with Gasteiger partial charge in [0.05, 0.1) is 16.9 Å². The molecule has 2 amide bonds. The Morgan fingerprint density at radius 3 is 2.55 bits per heavy atom. The fraction of sp³-hybridized carbons (Fsp3) is 0.136. The van der Waals surface area contributed by atoms with Crippen molar-refractivity contribution < 1.29 is 9.59 Å². The lowest BCUT2D eigenvalue weighted by atomic mass is 10.1. The standard InChI is InChI=1S/C22H20ClN3O2S/c1-13-7-8-16(11-15(13)3)9-10-19(27)25-22-24-12-18(29-22)21(28)26-20-14(2)5-4-6-17(20)23/h4-12H,1-3H3,(H,26,28)(H,24,25,27)/b10-9+. The van der Waals surface area contributed by atoms with Crippen LogP contribution in [0, 0.1) is 20.8 Å². The third-order valence-electron chi connectivity index (χ3n) is 4.38. The number of thiazole rings is 1. The van der Waals surface area contributed by atoms with E-state index < -0.39 is 0 Å². The molecule has 0 radical (unpaired) electrons. The van der Waals surface area contributed by atoms with Crippen LogP contribution in [0.1, 0.15) is 31.9 Å². The van der Waals surface area contributed by atoms with Gasteiger partial charge in [-0.1, -0.05) is 53.3 Å². The van der Waals surface area contributed by atoms with Crippen LogP contribution in [0.15, 0.2) is 48.7 Å². The number of nitrogens with zero attached hydrogens (tertiary/aromatic N) is 1. The summed E-state index contributed by atoms with van der Waals surface area (Å²) < 4.78 is 0. The van der Waals surface area contributed by atoms with Crippen LogP contribution in [0.3, 0.4) is 0 Å². The first-order chi connectivity index (χ1) is 13.8. The number of carbonyl (C=O) groups excluding carboxylic acids is 2. The van der Waals surface area contributed by atoms with Crippen LogP contribution in [0.25, 0.3) is 6.08 Å². The maximum Gasteiger partial charge on any atom is 0.267 e. The van der Waals surface area contributed by atoms with Crippen molar-refractivity contribution in [1.29, 1.82) is 0 Å². The van der Waals surface area contributed by atoms with Crippen molar-refractivity contribution in [2.24, 2.45) is 0 Å². The van der Waals surface area contributed by atoms with Gasteiger partial charge in [-0.3, -0.25) is 14.9 Å². The molecule has 0 saturated heterocycles. The van der Waals surface area contributed by atoms with Crippen LogP contribution in [-0.4, -0.2) is 16.8 Å². The molecule has 148 valence electrons. The van der Waals surface area contributed by atoms with Crippen molar-refractivity contribution in [2.45, 2.75) is 20.8 Å². The van der Waals surface area contributed by atoms with Crippen molar-refractivity contribution in [3.05, 3.63) is 80.8 Å². The number of nitrogens with one attached hydrogen (secondary N) is 2. The summed E-state index contributed by atoms with van der Waals surface area (Å²) >= 11 is 7.24. The molecule has 29 heavy (non-hydrogen) atoms. The first-order valence-corrected chi connectivity index (χ1v) is 10.1. The van der Waals surface area contributed by atoms with E-state index in [9.17, 15) is 9.59 Å². The zero-order chi connectivity index (χ0) is 21.0. The van der Waals surface area contributed by atoms with Crippen molar-refractivity contribution >= 4 is 51.6 Å². The topological polar surface area (TPSA) is 71.1 Å². The van der Waals surface area contributed by atoms with E-state index in [2.05, 4.69) is 15.6 Å². The molecule has 0 spiro atoms. The van der Waals surface area contributed by atoms with Crippen LogP contribution in [0.5, 0.6) is 0 Å². The van der Waals surface area contributed by atoms with E-state index in [4.69, 9.17) is 11.6 Å². The number of aryl methyl sites for hydroxylation is 3. The minimum absolute atomic E-state index is 0.313. The first kappa shape index (κ1) is 20.8. The normalized spacial score (nSPS) is 10.9. The van der Waals surface area contributed by atoms with Gasteiger partial charge in [0.1, 0.15) is 4.88 Å². The molecule has 2 aromatic carbocycles. The molecule has 0 aliphatic heterocycles. The molecule has 0 aliphatic rings. The summed E-state index contributed by atoms with van der Waals surface area (Å²) in [4.78, 5) is 29.1. The average Bonchev–Trinajstić information content (AvgIpc) is 3.14. The molecule has 7 heteroatoms. The van der Waals surface area contributed by atoms with E-state index in [0.29, 0.717) is 20.7 Å².